The van der Waals surface area contributed by atoms with Crippen molar-refractivity contribution in [2.75, 3.05) is 6.61 Å². The van der Waals surface area contributed by atoms with Crippen molar-refractivity contribution in [3.05, 3.63) is 22.2 Å². The lowest BCUT2D eigenvalue weighted by molar-refractivity contribution is 0.280. The minimum absolute atomic E-state index is 0.0493. The molecule has 1 aromatic carbocycles. The zero-order chi connectivity index (χ0) is 11.1. The summed E-state index contributed by atoms with van der Waals surface area (Å²) in [7, 11) is 1.59. The van der Waals surface area contributed by atoms with Crippen molar-refractivity contribution >= 4 is 35.7 Å². The van der Waals surface area contributed by atoms with Crippen LogP contribution in [0.25, 0.3) is 0 Å². The van der Waals surface area contributed by atoms with Crippen LogP contribution < -0.4 is 4.74 Å². The van der Waals surface area contributed by atoms with E-state index in [-0.39, 0.29) is 4.90 Å². The molecule has 1 heterocycles. The molecular weight excluding hydrogens is 304 g/mol. The van der Waals surface area contributed by atoms with Gasteiger partial charge in [0.05, 0.1) is 6.61 Å². The molecule has 15 heavy (non-hydrogen) atoms. The van der Waals surface area contributed by atoms with Crippen LogP contribution in [-0.4, -0.2) is 15.0 Å². The monoisotopic (exact) mass is 310 g/mol. The average molecular weight is 312 g/mol. The first-order chi connectivity index (χ1) is 6.98. The second-order valence-corrected chi connectivity index (χ2v) is 6.73. The lowest BCUT2D eigenvalue weighted by Gasteiger charge is -2.19. The molecule has 0 unspecified atom stereocenters. The number of aryl methyl sites for hydroxylation is 1. The predicted octanol–water partition coefficient (Wildman–Crippen LogP) is 2.70. The van der Waals surface area contributed by atoms with E-state index < -0.39 is 9.05 Å². The SMILES string of the molecule is O=S(=O)(Cl)c1cc(Br)cc2c1OCCC2. The third-order valence-electron chi connectivity index (χ3n) is 2.20. The Morgan fingerprint density at radius 1 is 1.40 bits per heavy atom. The molecule has 0 saturated heterocycles. The van der Waals surface area contributed by atoms with Gasteiger partial charge in [0.1, 0.15) is 10.6 Å². The first-order valence-electron chi connectivity index (χ1n) is 4.38. The van der Waals surface area contributed by atoms with Crippen LogP contribution in [0.1, 0.15) is 12.0 Å². The molecule has 0 aliphatic carbocycles. The smallest absolute Gasteiger partial charge is 0.265 e. The number of halogens is 2. The number of ether oxygens (including phenoxy) is 1. The van der Waals surface area contributed by atoms with Crippen LogP contribution >= 0.6 is 26.6 Å². The van der Waals surface area contributed by atoms with Gasteiger partial charge in [-0.2, -0.15) is 0 Å². The molecule has 1 aromatic rings. The van der Waals surface area contributed by atoms with Crippen molar-refractivity contribution in [1.82, 2.24) is 0 Å². The second kappa shape index (κ2) is 3.96. The van der Waals surface area contributed by atoms with Crippen molar-refractivity contribution in [2.45, 2.75) is 17.7 Å². The van der Waals surface area contributed by atoms with E-state index in [4.69, 9.17) is 15.4 Å². The fraction of sp³-hybridized carbons (Fsp3) is 0.333. The van der Waals surface area contributed by atoms with Gasteiger partial charge in [-0.25, -0.2) is 8.42 Å². The van der Waals surface area contributed by atoms with Crippen molar-refractivity contribution in [2.24, 2.45) is 0 Å². The first kappa shape index (κ1) is 11.2. The van der Waals surface area contributed by atoms with E-state index in [0.29, 0.717) is 16.8 Å². The van der Waals surface area contributed by atoms with Crippen LogP contribution in [0.4, 0.5) is 0 Å². The standard InChI is InChI=1S/C9H8BrClO3S/c10-7-4-6-2-1-3-14-9(6)8(5-7)15(11,12)13/h4-5H,1-3H2. The van der Waals surface area contributed by atoms with E-state index in [1.165, 1.54) is 6.07 Å². The summed E-state index contributed by atoms with van der Waals surface area (Å²) in [5.41, 5.74) is 0.884. The van der Waals surface area contributed by atoms with Crippen LogP contribution in [0.3, 0.4) is 0 Å². The van der Waals surface area contributed by atoms with Crippen molar-refractivity contribution in [3.63, 3.8) is 0 Å². The van der Waals surface area contributed by atoms with Crippen molar-refractivity contribution < 1.29 is 13.2 Å². The second-order valence-electron chi connectivity index (χ2n) is 3.28. The Balaban J connectivity index is 2.68. The van der Waals surface area contributed by atoms with Gasteiger partial charge in [0.2, 0.25) is 0 Å². The number of hydrogen-bond donors (Lipinski definition) is 0. The molecule has 0 spiro atoms. The summed E-state index contributed by atoms with van der Waals surface area (Å²) in [5, 5.41) is 0. The molecule has 0 aromatic heterocycles. The maximum absolute atomic E-state index is 11.3. The molecule has 1 aliphatic rings. The summed E-state index contributed by atoms with van der Waals surface area (Å²) in [4.78, 5) is 0.0493. The van der Waals surface area contributed by atoms with Crippen LogP contribution in [-0.2, 0) is 15.5 Å². The molecule has 0 radical (unpaired) electrons. The molecule has 6 heteroatoms. The first-order valence-corrected chi connectivity index (χ1v) is 7.48. The fourth-order valence-electron chi connectivity index (χ4n) is 1.59. The summed E-state index contributed by atoms with van der Waals surface area (Å²) in [6.45, 7) is 0.536. The van der Waals surface area contributed by atoms with Gasteiger partial charge in [0, 0.05) is 15.2 Å². The fourth-order valence-corrected chi connectivity index (χ4v) is 3.27. The van der Waals surface area contributed by atoms with Crippen LogP contribution in [0, 0.1) is 0 Å². The van der Waals surface area contributed by atoms with E-state index >= 15 is 0 Å². The summed E-state index contributed by atoms with van der Waals surface area (Å²) in [6.07, 6.45) is 1.71. The normalized spacial score (nSPS) is 15.6. The minimum atomic E-state index is -3.75. The van der Waals surface area contributed by atoms with E-state index in [1.807, 2.05) is 6.07 Å². The third kappa shape index (κ3) is 2.29. The number of benzene rings is 1. The lowest BCUT2D eigenvalue weighted by atomic mass is 10.1. The Labute approximate surface area is 101 Å². The van der Waals surface area contributed by atoms with Crippen LogP contribution in [0.2, 0.25) is 0 Å². The topological polar surface area (TPSA) is 43.4 Å². The van der Waals surface area contributed by atoms with E-state index in [2.05, 4.69) is 15.9 Å². The summed E-state index contributed by atoms with van der Waals surface area (Å²) < 4.78 is 28.7. The minimum Gasteiger partial charge on any atom is -0.492 e. The zero-order valence-corrected chi connectivity index (χ0v) is 10.8. The molecule has 3 nitrogen and oxygen atoms in total. The molecule has 2 rings (SSSR count). The molecule has 82 valence electrons. The van der Waals surface area contributed by atoms with Crippen molar-refractivity contribution in [1.29, 1.82) is 0 Å². The van der Waals surface area contributed by atoms with E-state index in [0.717, 1.165) is 18.4 Å². The molecule has 0 N–H and O–H groups in total. The van der Waals surface area contributed by atoms with Crippen molar-refractivity contribution in [3.8, 4) is 5.75 Å². The number of rotatable bonds is 1. The Morgan fingerprint density at radius 3 is 2.80 bits per heavy atom. The maximum atomic E-state index is 11.3. The number of fused-ring (bicyclic) bond motifs is 1. The molecule has 1 aliphatic heterocycles. The summed E-state index contributed by atoms with van der Waals surface area (Å²) >= 11 is 3.26. The maximum Gasteiger partial charge on any atom is 0.265 e. The molecule has 0 fully saturated rings. The molecule has 0 bridgehead atoms. The van der Waals surface area contributed by atoms with Crippen LogP contribution in [0.5, 0.6) is 5.75 Å². The highest BCUT2D eigenvalue weighted by Gasteiger charge is 2.23. The van der Waals surface area contributed by atoms with Gasteiger partial charge in [-0.15, -0.1) is 0 Å². The van der Waals surface area contributed by atoms with E-state index in [9.17, 15) is 8.42 Å². The molecule has 0 atom stereocenters. The van der Waals surface area contributed by atoms with E-state index in [1.54, 1.807) is 0 Å². The quantitative estimate of drug-likeness (QED) is 0.749. The predicted molar refractivity (Wildman–Crippen MR) is 61.0 cm³/mol. The summed E-state index contributed by atoms with van der Waals surface area (Å²) in [6, 6.07) is 3.33. The Hall–Kier alpha value is -0.260. The van der Waals surface area contributed by atoms with Crippen LogP contribution in [0.15, 0.2) is 21.5 Å². The highest BCUT2D eigenvalue weighted by molar-refractivity contribution is 9.10. The molecule has 0 saturated carbocycles. The highest BCUT2D eigenvalue weighted by Crippen LogP contribution is 2.36. The number of hydrogen-bond acceptors (Lipinski definition) is 3. The average Bonchev–Trinajstić information content (AvgIpc) is 2.15. The Morgan fingerprint density at radius 2 is 2.13 bits per heavy atom. The van der Waals surface area contributed by atoms with Gasteiger partial charge in [-0.05, 0) is 30.5 Å². The van der Waals surface area contributed by atoms with Gasteiger partial charge < -0.3 is 4.74 Å². The van der Waals surface area contributed by atoms with Gasteiger partial charge >= 0.3 is 0 Å². The Kier molecular flexibility index (Phi) is 2.96. The highest BCUT2D eigenvalue weighted by atomic mass is 79.9. The van der Waals surface area contributed by atoms with Gasteiger partial charge in [0.25, 0.3) is 9.05 Å². The van der Waals surface area contributed by atoms with Gasteiger partial charge in [-0.1, -0.05) is 15.9 Å². The summed E-state index contributed by atoms with van der Waals surface area (Å²) in [5.74, 6) is 0.402. The third-order valence-corrected chi connectivity index (χ3v) is 3.98. The van der Waals surface area contributed by atoms with Gasteiger partial charge in [0.15, 0.2) is 0 Å². The molecule has 0 amide bonds. The Bertz CT molecular complexity index is 498. The van der Waals surface area contributed by atoms with Gasteiger partial charge in [-0.3, -0.25) is 0 Å². The largest absolute Gasteiger partial charge is 0.492 e. The lowest BCUT2D eigenvalue weighted by Crippen LogP contribution is -2.11. The molecular formula is C9H8BrClO3S. The zero-order valence-electron chi connectivity index (χ0n) is 7.66.